The molecule has 0 unspecified atom stereocenters. The molecule has 0 amide bonds. The molecule has 0 bridgehead atoms. The van der Waals surface area contributed by atoms with Gasteiger partial charge in [0.25, 0.3) is 0 Å². The van der Waals surface area contributed by atoms with E-state index in [9.17, 15) is 0 Å². The van der Waals surface area contributed by atoms with Crippen molar-refractivity contribution in [3.8, 4) is 11.5 Å². The Morgan fingerprint density at radius 3 is 1.02 bits per heavy atom. The van der Waals surface area contributed by atoms with E-state index in [-0.39, 0.29) is 0 Å². The summed E-state index contributed by atoms with van der Waals surface area (Å²) < 4.78 is 11.8. The van der Waals surface area contributed by atoms with Crippen molar-refractivity contribution in [3.05, 3.63) is 108 Å². The van der Waals surface area contributed by atoms with Crippen LogP contribution in [0.1, 0.15) is 89.2 Å². The number of hydrogen-bond acceptors (Lipinski definition) is 6. The lowest BCUT2D eigenvalue weighted by atomic mass is 10.1. The number of aryl methyl sites for hydroxylation is 2. The first kappa shape index (κ1) is 34.6. The molecule has 4 aromatic carbocycles. The molecule has 0 fully saturated rings. The largest absolute Gasteiger partial charge is 0.494 e. The molecule has 0 atom stereocenters. The van der Waals surface area contributed by atoms with Gasteiger partial charge < -0.3 is 9.47 Å². The van der Waals surface area contributed by atoms with Crippen molar-refractivity contribution in [2.24, 2.45) is 20.5 Å². The molecule has 0 saturated carbocycles. The minimum atomic E-state index is 0.700. The van der Waals surface area contributed by atoms with Gasteiger partial charge in [-0.2, -0.15) is 20.5 Å². The lowest BCUT2D eigenvalue weighted by Gasteiger charge is -2.07. The third kappa shape index (κ3) is 13.4. The third-order valence-corrected chi connectivity index (χ3v) is 7.82. The third-order valence-electron chi connectivity index (χ3n) is 7.82. The molecule has 0 heterocycles. The molecule has 4 rings (SSSR count). The van der Waals surface area contributed by atoms with Gasteiger partial charge >= 0.3 is 0 Å². The first-order chi connectivity index (χ1) is 22.7. The average molecular weight is 619 g/mol. The number of azo groups is 2. The van der Waals surface area contributed by atoms with Gasteiger partial charge in [0, 0.05) is 0 Å². The summed E-state index contributed by atoms with van der Waals surface area (Å²) in [6, 6.07) is 32.3. The Morgan fingerprint density at radius 2 is 0.696 bits per heavy atom. The summed E-state index contributed by atoms with van der Waals surface area (Å²) in [7, 11) is 0. The number of ether oxygens (including phenoxy) is 2. The summed E-state index contributed by atoms with van der Waals surface area (Å²) in [6.07, 6.45) is 14.0. The summed E-state index contributed by atoms with van der Waals surface area (Å²) in [5, 5.41) is 17.5. The predicted octanol–water partition coefficient (Wildman–Crippen LogP) is 13.0. The van der Waals surface area contributed by atoms with Crippen LogP contribution in [-0.2, 0) is 12.8 Å². The van der Waals surface area contributed by atoms with Crippen LogP contribution in [-0.4, -0.2) is 13.2 Å². The molecule has 6 heteroatoms. The maximum atomic E-state index is 5.92. The predicted molar refractivity (Wildman–Crippen MR) is 190 cm³/mol. The van der Waals surface area contributed by atoms with Crippen LogP contribution in [0.3, 0.4) is 0 Å². The lowest BCUT2D eigenvalue weighted by molar-refractivity contribution is 0.287. The van der Waals surface area contributed by atoms with Crippen molar-refractivity contribution in [3.63, 3.8) is 0 Å². The van der Waals surface area contributed by atoms with E-state index in [4.69, 9.17) is 9.47 Å². The fraction of sp³-hybridized carbons (Fsp3) is 0.400. The first-order valence-electron chi connectivity index (χ1n) is 17.2. The van der Waals surface area contributed by atoms with E-state index in [2.05, 4.69) is 58.6 Å². The normalized spacial score (nSPS) is 11.4. The van der Waals surface area contributed by atoms with Crippen molar-refractivity contribution in [1.29, 1.82) is 0 Å². The number of nitrogens with zero attached hydrogens (tertiary/aromatic N) is 4. The van der Waals surface area contributed by atoms with Crippen molar-refractivity contribution >= 4 is 22.7 Å². The Hall–Kier alpha value is -4.32. The van der Waals surface area contributed by atoms with Gasteiger partial charge in [-0.3, -0.25) is 0 Å². The molecule has 0 radical (unpaired) electrons. The highest BCUT2D eigenvalue weighted by Crippen LogP contribution is 2.24. The zero-order chi connectivity index (χ0) is 32.1. The molecule has 4 aromatic rings. The number of benzene rings is 4. The van der Waals surface area contributed by atoms with Crippen LogP contribution >= 0.6 is 0 Å². The van der Waals surface area contributed by atoms with E-state index in [0.717, 1.165) is 72.8 Å². The molecule has 46 heavy (non-hydrogen) atoms. The van der Waals surface area contributed by atoms with Crippen molar-refractivity contribution in [1.82, 2.24) is 0 Å². The van der Waals surface area contributed by atoms with Crippen molar-refractivity contribution in [2.75, 3.05) is 13.2 Å². The van der Waals surface area contributed by atoms with Gasteiger partial charge in [-0.15, -0.1) is 0 Å². The van der Waals surface area contributed by atoms with Gasteiger partial charge in [-0.05, 0) is 135 Å². The zero-order valence-electron chi connectivity index (χ0n) is 27.7. The summed E-state index contributed by atoms with van der Waals surface area (Å²) in [4.78, 5) is 0. The molecule has 0 aliphatic heterocycles. The topological polar surface area (TPSA) is 67.9 Å². The van der Waals surface area contributed by atoms with E-state index in [0.29, 0.717) is 13.2 Å². The number of unbranched alkanes of at least 4 members (excludes halogenated alkanes) is 7. The smallest absolute Gasteiger partial charge is 0.119 e. The molecule has 0 N–H and O–H groups in total. The first-order valence-corrected chi connectivity index (χ1v) is 17.2. The molecule has 242 valence electrons. The SMILES string of the molecule is CCCCCc1ccc(N=Nc2ccc(OCCCCCCOc3ccc(N=Nc4ccc(CCCCC)cc4)cc3)cc2)cc1. The maximum Gasteiger partial charge on any atom is 0.119 e. The minimum Gasteiger partial charge on any atom is -0.494 e. The Labute approximate surface area is 276 Å². The standard InChI is InChI=1S/C40H50N4O2/c1-3-5-9-13-33-15-19-35(20-16-33)41-43-37-23-27-39(28-24-37)45-31-11-7-8-12-32-46-40-29-25-38(26-30-40)44-42-36-21-17-34(18-22-36)14-10-6-4-2/h15-30H,3-14,31-32H2,1-2H3. The van der Waals surface area contributed by atoms with Gasteiger partial charge in [-0.25, -0.2) is 0 Å². The van der Waals surface area contributed by atoms with Crippen LogP contribution < -0.4 is 9.47 Å². The fourth-order valence-corrected chi connectivity index (χ4v) is 5.00. The Morgan fingerprint density at radius 1 is 0.370 bits per heavy atom. The Bertz CT molecular complexity index is 1320. The van der Waals surface area contributed by atoms with E-state index in [1.165, 1.54) is 49.7 Å². The van der Waals surface area contributed by atoms with E-state index >= 15 is 0 Å². The molecule has 0 aliphatic carbocycles. The van der Waals surface area contributed by atoms with Crippen LogP contribution in [0, 0.1) is 0 Å². The minimum absolute atomic E-state index is 0.700. The molecule has 0 aliphatic rings. The van der Waals surface area contributed by atoms with Crippen molar-refractivity contribution < 1.29 is 9.47 Å². The summed E-state index contributed by atoms with van der Waals surface area (Å²) in [6.45, 7) is 5.86. The molecule has 0 saturated heterocycles. The van der Waals surface area contributed by atoms with Crippen LogP contribution in [0.25, 0.3) is 0 Å². The second kappa shape index (κ2) is 20.7. The van der Waals surface area contributed by atoms with E-state index in [1.54, 1.807) is 0 Å². The molecule has 0 aromatic heterocycles. The van der Waals surface area contributed by atoms with Crippen LogP contribution in [0.5, 0.6) is 11.5 Å². The zero-order valence-corrected chi connectivity index (χ0v) is 27.7. The van der Waals surface area contributed by atoms with Gasteiger partial charge in [0.15, 0.2) is 0 Å². The Balaban J connectivity index is 1.04. The van der Waals surface area contributed by atoms with Gasteiger partial charge in [0.2, 0.25) is 0 Å². The summed E-state index contributed by atoms with van der Waals surface area (Å²) >= 11 is 0. The fourth-order valence-electron chi connectivity index (χ4n) is 5.00. The van der Waals surface area contributed by atoms with E-state index in [1.807, 2.05) is 72.8 Å². The second-order valence-corrected chi connectivity index (χ2v) is 11.7. The number of hydrogen-bond donors (Lipinski definition) is 0. The van der Waals surface area contributed by atoms with Crippen molar-refractivity contribution in [2.45, 2.75) is 90.9 Å². The molecular formula is C40H50N4O2. The quantitative estimate of drug-likeness (QED) is 0.0688. The number of rotatable bonds is 21. The molecular weight excluding hydrogens is 568 g/mol. The Kier molecular flexibility index (Phi) is 15.5. The second-order valence-electron chi connectivity index (χ2n) is 11.7. The molecule has 0 spiro atoms. The van der Waals surface area contributed by atoms with Gasteiger partial charge in [0.1, 0.15) is 11.5 Å². The van der Waals surface area contributed by atoms with Crippen LogP contribution in [0.15, 0.2) is 118 Å². The van der Waals surface area contributed by atoms with Crippen LogP contribution in [0.2, 0.25) is 0 Å². The van der Waals surface area contributed by atoms with Gasteiger partial charge in [-0.1, -0.05) is 63.8 Å². The summed E-state index contributed by atoms with van der Waals surface area (Å²) in [5.74, 6) is 1.72. The molecule has 6 nitrogen and oxygen atoms in total. The highest BCUT2D eigenvalue weighted by atomic mass is 16.5. The monoisotopic (exact) mass is 618 g/mol. The average Bonchev–Trinajstić information content (AvgIpc) is 3.10. The maximum absolute atomic E-state index is 5.92. The van der Waals surface area contributed by atoms with Crippen LogP contribution in [0.4, 0.5) is 22.7 Å². The highest BCUT2D eigenvalue weighted by Gasteiger charge is 2.00. The van der Waals surface area contributed by atoms with Gasteiger partial charge in [0.05, 0.1) is 36.0 Å². The lowest BCUT2D eigenvalue weighted by Crippen LogP contribution is -1.99. The highest BCUT2D eigenvalue weighted by molar-refractivity contribution is 5.44. The summed E-state index contributed by atoms with van der Waals surface area (Å²) in [5.41, 5.74) is 6.09. The van der Waals surface area contributed by atoms with E-state index < -0.39 is 0 Å².